The molecule has 1 aliphatic carbocycles. The Labute approximate surface area is 205 Å². The van der Waals surface area contributed by atoms with Gasteiger partial charge >= 0.3 is 12.1 Å². The molecule has 0 spiro atoms. The van der Waals surface area contributed by atoms with Gasteiger partial charge in [-0.1, -0.05) is 77.8 Å². The maximum absolute atomic E-state index is 13.3. The Balaban J connectivity index is 1.41. The number of benzene rings is 3. The SMILES string of the molecule is O=C(O)[C@H]1CSC(c2ccc(Cl)cc2Cl)N1C(=O)OCC1c2ccccc2-c2ccccc21. The number of fused-ring (bicyclic) bond motifs is 3. The highest BCUT2D eigenvalue weighted by molar-refractivity contribution is 7.99. The molecule has 0 radical (unpaired) electrons. The van der Waals surface area contributed by atoms with Gasteiger partial charge in [0.2, 0.25) is 0 Å². The van der Waals surface area contributed by atoms with Crippen LogP contribution < -0.4 is 0 Å². The normalized spacial score (nSPS) is 19.3. The molecule has 1 amide bonds. The molecule has 5 nitrogen and oxygen atoms in total. The summed E-state index contributed by atoms with van der Waals surface area (Å²) >= 11 is 13.7. The second kappa shape index (κ2) is 8.93. The number of rotatable bonds is 4. The summed E-state index contributed by atoms with van der Waals surface area (Å²) in [5, 5.41) is 10.0. The van der Waals surface area contributed by atoms with E-state index in [4.69, 9.17) is 27.9 Å². The van der Waals surface area contributed by atoms with Crippen LogP contribution in [0.2, 0.25) is 10.0 Å². The number of hydrogen-bond acceptors (Lipinski definition) is 4. The van der Waals surface area contributed by atoms with Crippen molar-refractivity contribution >= 4 is 47.0 Å². The molecule has 0 bridgehead atoms. The maximum Gasteiger partial charge on any atom is 0.411 e. The molecule has 1 aliphatic heterocycles. The number of halogens is 2. The Morgan fingerprint density at radius 3 is 2.21 bits per heavy atom. The van der Waals surface area contributed by atoms with E-state index in [1.807, 2.05) is 36.4 Å². The monoisotopic (exact) mass is 499 g/mol. The van der Waals surface area contributed by atoms with E-state index in [1.165, 1.54) is 16.7 Å². The van der Waals surface area contributed by atoms with Crippen LogP contribution in [0.15, 0.2) is 66.7 Å². The minimum absolute atomic E-state index is 0.113. The van der Waals surface area contributed by atoms with E-state index in [-0.39, 0.29) is 18.3 Å². The zero-order valence-electron chi connectivity index (χ0n) is 17.3. The lowest BCUT2D eigenvalue weighted by molar-refractivity contribution is -0.141. The summed E-state index contributed by atoms with van der Waals surface area (Å²) in [6.45, 7) is 0.113. The summed E-state index contributed by atoms with van der Waals surface area (Å²) in [4.78, 5) is 26.4. The zero-order chi connectivity index (χ0) is 23.1. The number of amides is 1. The van der Waals surface area contributed by atoms with Gasteiger partial charge in [-0.3, -0.25) is 4.90 Å². The number of carbonyl (C=O) groups is 2. The van der Waals surface area contributed by atoms with Gasteiger partial charge in [-0.15, -0.1) is 11.8 Å². The maximum atomic E-state index is 13.3. The van der Waals surface area contributed by atoms with Crippen molar-refractivity contribution in [3.05, 3.63) is 93.5 Å². The van der Waals surface area contributed by atoms with Crippen molar-refractivity contribution in [3.8, 4) is 11.1 Å². The van der Waals surface area contributed by atoms with Crippen LogP contribution in [0, 0.1) is 0 Å². The number of ether oxygens (including phenoxy) is 1. The molecule has 0 aromatic heterocycles. The summed E-state index contributed by atoms with van der Waals surface area (Å²) in [7, 11) is 0. The number of thioether (sulfide) groups is 1. The van der Waals surface area contributed by atoms with Gasteiger partial charge in [0.1, 0.15) is 18.0 Å². The minimum Gasteiger partial charge on any atom is -0.480 e. The first kappa shape index (κ1) is 22.1. The molecule has 1 unspecified atom stereocenters. The van der Waals surface area contributed by atoms with Crippen molar-refractivity contribution in [1.29, 1.82) is 0 Å². The topological polar surface area (TPSA) is 66.8 Å². The molecule has 1 fully saturated rings. The summed E-state index contributed by atoms with van der Waals surface area (Å²) in [6.07, 6.45) is -0.676. The van der Waals surface area contributed by atoms with Gasteiger partial charge in [0.05, 0.1) is 0 Å². The third-order valence-corrected chi connectivity index (χ3v) is 7.93. The average molecular weight is 500 g/mol. The van der Waals surface area contributed by atoms with Gasteiger partial charge in [-0.05, 0) is 34.4 Å². The Morgan fingerprint density at radius 1 is 0.970 bits per heavy atom. The van der Waals surface area contributed by atoms with Crippen LogP contribution in [0.4, 0.5) is 4.79 Å². The highest BCUT2D eigenvalue weighted by Crippen LogP contribution is 2.46. The van der Waals surface area contributed by atoms with Crippen molar-refractivity contribution in [2.24, 2.45) is 0 Å². The summed E-state index contributed by atoms with van der Waals surface area (Å²) in [5.74, 6) is -0.954. The van der Waals surface area contributed by atoms with Crippen LogP contribution in [0.1, 0.15) is 28.0 Å². The lowest BCUT2D eigenvalue weighted by atomic mass is 9.98. The fourth-order valence-corrected chi connectivity index (χ4v) is 6.55. The largest absolute Gasteiger partial charge is 0.480 e. The molecule has 3 aromatic carbocycles. The first-order chi connectivity index (χ1) is 16.0. The van der Waals surface area contributed by atoms with E-state index < -0.39 is 23.5 Å². The Morgan fingerprint density at radius 2 is 1.61 bits per heavy atom. The van der Waals surface area contributed by atoms with Gasteiger partial charge in [-0.25, -0.2) is 9.59 Å². The van der Waals surface area contributed by atoms with E-state index in [0.29, 0.717) is 15.6 Å². The van der Waals surface area contributed by atoms with Crippen LogP contribution in [-0.2, 0) is 9.53 Å². The van der Waals surface area contributed by atoms with Crippen molar-refractivity contribution in [1.82, 2.24) is 4.90 Å². The van der Waals surface area contributed by atoms with Gasteiger partial charge in [-0.2, -0.15) is 0 Å². The molecule has 0 saturated carbocycles. The number of hydrogen-bond donors (Lipinski definition) is 1. The van der Waals surface area contributed by atoms with Crippen LogP contribution in [0.3, 0.4) is 0 Å². The van der Waals surface area contributed by atoms with E-state index in [1.54, 1.807) is 18.2 Å². The third-order valence-electron chi connectivity index (χ3n) is 6.06. The molecule has 1 N–H and O–H groups in total. The second-order valence-electron chi connectivity index (χ2n) is 7.92. The molecule has 3 aromatic rings. The Kier molecular flexibility index (Phi) is 5.99. The van der Waals surface area contributed by atoms with Gasteiger partial charge in [0.15, 0.2) is 0 Å². The number of nitrogens with zero attached hydrogens (tertiary/aromatic N) is 1. The molecule has 168 valence electrons. The van der Waals surface area contributed by atoms with E-state index in [2.05, 4.69) is 12.1 Å². The van der Waals surface area contributed by atoms with Gasteiger partial charge < -0.3 is 9.84 Å². The van der Waals surface area contributed by atoms with Crippen molar-refractivity contribution in [3.63, 3.8) is 0 Å². The zero-order valence-corrected chi connectivity index (χ0v) is 19.6. The summed E-state index contributed by atoms with van der Waals surface area (Å²) in [5.41, 5.74) is 5.06. The second-order valence-corrected chi connectivity index (χ2v) is 9.87. The van der Waals surface area contributed by atoms with Crippen molar-refractivity contribution in [2.45, 2.75) is 17.3 Å². The molecular formula is C25H19Cl2NO4S. The molecule has 2 atom stereocenters. The van der Waals surface area contributed by atoms with Crippen LogP contribution >= 0.6 is 35.0 Å². The minimum atomic E-state index is -1.08. The smallest absolute Gasteiger partial charge is 0.411 e. The van der Waals surface area contributed by atoms with E-state index >= 15 is 0 Å². The number of aliphatic carboxylic acids is 1. The molecule has 1 heterocycles. The van der Waals surface area contributed by atoms with Gasteiger partial charge in [0.25, 0.3) is 0 Å². The van der Waals surface area contributed by atoms with Crippen LogP contribution in [-0.4, -0.2) is 40.5 Å². The average Bonchev–Trinajstić information content (AvgIpc) is 3.38. The van der Waals surface area contributed by atoms with Crippen molar-refractivity contribution in [2.75, 3.05) is 12.4 Å². The number of carboxylic acids is 1. The quantitative estimate of drug-likeness (QED) is 0.447. The van der Waals surface area contributed by atoms with E-state index in [0.717, 1.165) is 22.3 Å². The highest BCUT2D eigenvalue weighted by Gasteiger charge is 2.44. The molecule has 5 rings (SSSR count). The predicted molar refractivity (Wildman–Crippen MR) is 130 cm³/mol. The van der Waals surface area contributed by atoms with Crippen LogP contribution in [0.5, 0.6) is 0 Å². The Hall–Kier alpha value is -2.67. The highest BCUT2D eigenvalue weighted by atomic mass is 35.5. The fraction of sp³-hybridized carbons (Fsp3) is 0.200. The third kappa shape index (κ3) is 3.97. The lowest BCUT2D eigenvalue weighted by Crippen LogP contribution is -2.43. The van der Waals surface area contributed by atoms with Crippen molar-refractivity contribution < 1.29 is 19.4 Å². The summed E-state index contributed by atoms with van der Waals surface area (Å²) < 4.78 is 5.76. The molecular weight excluding hydrogens is 481 g/mol. The summed E-state index contributed by atoms with van der Waals surface area (Å²) in [6, 6.07) is 20.1. The molecule has 8 heteroatoms. The standard InChI is InChI=1S/C25H19Cl2NO4S/c26-14-9-10-19(21(27)11-14)23-28(22(13-33-23)24(29)30)25(31)32-12-20-17-7-3-1-5-15(17)16-6-2-4-8-18(16)20/h1-11,20,22-23H,12-13H2,(H,29,30)/t22-,23?/m1/s1. The first-order valence-corrected chi connectivity index (χ1v) is 12.2. The van der Waals surface area contributed by atoms with E-state index in [9.17, 15) is 14.7 Å². The number of carbonyl (C=O) groups excluding carboxylic acids is 1. The predicted octanol–water partition coefficient (Wildman–Crippen LogP) is 6.44. The molecule has 1 saturated heterocycles. The Bertz CT molecular complexity index is 1210. The lowest BCUT2D eigenvalue weighted by Gasteiger charge is -2.28. The fourth-order valence-electron chi connectivity index (χ4n) is 4.53. The van der Waals surface area contributed by atoms with Crippen LogP contribution in [0.25, 0.3) is 11.1 Å². The first-order valence-electron chi connectivity index (χ1n) is 10.4. The molecule has 2 aliphatic rings. The number of carboxylic acid groups (broad SMARTS) is 1. The van der Waals surface area contributed by atoms with Gasteiger partial charge in [0, 0.05) is 27.3 Å². The molecule has 33 heavy (non-hydrogen) atoms.